The minimum Gasteiger partial charge on any atom is -0.395 e. The molecule has 0 saturated carbocycles. The van der Waals surface area contributed by atoms with Crippen LogP contribution in [-0.4, -0.2) is 82.0 Å². The van der Waals surface area contributed by atoms with E-state index in [9.17, 15) is 23.1 Å². The zero-order chi connectivity index (χ0) is 31.6. The number of hydrogen-bond acceptors (Lipinski definition) is 9. The number of piperazine rings is 1. The summed E-state index contributed by atoms with van der Waals surface area (Å²) in [5.74, 6) is 1.17. The Hall–Kier alpha value is -4.69. The first kappa shape index (κ1) is 30.8. The number of aliphatic hydroxyl groups is 1. The summed E-state index contributed by atoms with van der Waals surface area (Å²) in [7, 11) is 3.62. The minimum atomic E-state index is -4.61. The van der Waals surface area contributed by atoms with Crippen LogP contribution in [-0.2, 0) is 6.18 Å². The molecular formula is C30H34F3N9O2. The van der Waals surface area contributed by atoms with Gasteiger partial charge >= 0.3 is 6.18 Å². The summed E-state index contributed by atoms with van der Waals surface area (Å²) in [5, 5.41) is 23.2. The molecule has 5 rings (SSSR count). The molecular weight excluding hydrogens is 575 g/mol. The number of anilines is 5. The number of alkyl halides is 3. The summed E-state index contributed by atoms with van der Waals surface area (Å²) in [6.07, 6.45) is -3.19. The lowest BCUT2D eigenvalue weighted by molar-refractivity contribution is -0.137. The van der Waals surface area contributed by atoms with Crippen molar-refractivity contribution >= 4 is 34.6 Å². The maximum atomic E-state index is 13.9. The van der Waals surface area contributed by atoms with Gasteiger partial charge in [0.25, 0.3) is 5.91 Å². The maximum absolute atomic E-state index is 13.9. The van der Waals surface area contributed by atoms with Crippen LogP contribution in [0.5, 0.6) is 0 Å². The number of aromatic nitrogens is 4. The Labute approximate surface area is 252 Å². The number of aryl methyl sites for hydroxylation is 2. The third-order valence-corrected chi connectivity index (χ3v) is 7.58. The molecule has 0 bridgehead atoms. The molecule has 232 valence electrons. The van der Waals surface area contributed by atoms with Crippen molar-refractivity contribution in [2.24, 2.45) is 0 Å². The van der Waals surface area contributed by atoms with Gasteiger partial charge in [0, 0.05) is 61.4 Å². The predicted octanol–water partition coefficient (Wildman–Crippen LogP) is 4.45. The van der Waals surface area contributed by atoms with Crippen molar-refractivity contribution in [2.45, 2.75) is 26.1 Å². The van der Waals surface area contributed by atoms with E-state index >= 15 is 0 Å². The number of rotatable bonds is 8. The lowest BCUT2D eigenvalue weighted by Gasteiger charge is -2.40. The highest BCUT2D eigenvalue weighted by atomic mass is 19.4. The van der Waals surface area contributed by atoms with Crippen molar-refractivity contribution < 1.29 is 23.1 Å². The molecule has 1 saturated heterocycles. The average Bonchev–Trinajstić information content (AvgIpc) is 3.37. The quantitative estimate of drug-likeness (QED) is 0.230. The fraction of sp³-hybridized carbons (Fsp3) is 0.333. The fourth-order valence-corrected chi connectivity index (χ4v) is 5.01. The highest BCUT2D eigenvalue weighted by molar-refractivity contribution is 6.05. The molecule has 0 aliphatic carbocycles. The van der Waals surface area contributed by atoms with Crippen LogP contribution in [0.25, 0.3) is 5.82 Å². The molecule has 1 unspecified atom stereocenters. The number of carbonyl (C=O) groups is 1. The topological polar surface area (TPSA) is 123 Å². The van der Waals surface area contributed by atoms with Gasteiger partial charge in [-0.15, -0.1) is 0 Å². The van der Waals surface area contributed by atoms with E-state index in [1.165, 1.54) is 12.4 Å². The zero-order valence-corrected chi connectivity index (χ0v) is 24.8. The van der Waals surface area contributed by atoms with Crippen LogP contribution in [0.2, 0.25) is 0 Å². The summed E-state index contributed by atoms with van der Waals surface area (Å²) in [5.41, 5.74) is 1.90. The Kier molecular flexibility index (Phi) is 8.74. The summed E-state index contributed by atoms with van der Waals surface area (Å²) < 4.78 is 43.3. The number of benzene rings is 2. The largest absolute Gasteiger partial charge is 0.416 e. The summed E-state index contributed by atoms with van der Waals surface area (Å²) in [6, 6.07) is 11.9. The average molecular weight is 610 g/mol. The number of likely N-dealkylation sites (N-methyl/N-ethyl adjacent to an activating group) is 1. The van der Waals surface area contributed by atoms with E-state index in [1.54, 1.807) is 40.9 Å². The Morgan fingerprint density at radius 3 is 2.59 bits per heavy atom. The first-order valence-electron chi connectivity index (χ1n) is 14.0. The Bertz CT molecular complexity index is 1660. The van der Waals surface area contributed by atoms with Gasteiger partial charge in [-0.1, -0.05) is 6.07 Å². The molecule has 4 N–H and O–H groups in total. The molecule has 0 radical (unpaired) electrons. The molecule has 1 fully saturated rings. The van der Waals surface area contributed by atoms with Crippen LogP contribution in [0.1, 0.15) is 27.2 Å². The smallest absolute Gasteiger partial charge is 0.395 e. The maximum Gasteiger partial charge on any atom is 0.416 e. The monoisotopic (exact) mass is 609 g/mol. The second-order valence-electron chi connectivity index (χ2n) is 10.7. The van der Waals surface area contributed by atoms with E-state index in [4.69, 9.17) is 0 Å². The molecule has 1 aliphatic rings. The Morgan fingerprint density at radius 2 is 1.86 bits per heavy atom. The van der Waals surface area contributed by atoms with E-state index < -0.39 is 17.6 Å². The van der Waals surface area contributed by atoms with Gasteiger partial charge in [0.05, 0.1) is 23.9 Å². The van der Waals surface area contributed by atoms with E-state index in [0.717, 1.165) is 23.4 Å². The number of amides is 1. The van der Waals surface area contributed by atoms with Gasteiger partial charge in [-0.05, 0) is 56.8 Å². The zero-order valence-electron chi connectivity index (χ0n) is 24.8. The summed E-state index contributed by atoms with van der Waals surface area (Å²) >= 11 is 0. The SMILES string of the molecule is CNc1cc(-n2nc(C)cc2Nc2cc(C(=O)Nc3cc(N4CCN(C)C(CO)C4)cc(C(F)(F)F)c3)ccc2C)ncn1. The van der Waals surface area contributed by atoms with Crippen LogP contribution in [0.15, 0.2) is 54.9 Å². The summed E-state index contributed by atoms with van der Waals surface area (Å²) in [4.78, 5) is 25.6. The third-order valence-electron chi connectivity index (χ3n) is 7.58. The Balaban J connectivity index is 1.41. The van der Waals surface area contributed by atoms with Crippen LogP contribution < -0.4 is 20.9 Å². The predicted molar refractivity (Wildman–Crippen MR) is 163 cm³/mol. The van der Waals surface area contributed by atoms with Crippen LogP contribution in [0, 0.1) is 13.8 Å². The number of carbonyl (C=O) groups excluding carboxylic acids is 1. The third kappa shape index (κ3) is 6.76. The molecule has 3 heterocycles. The van der Waals surface area contributed by atoms with Gasteiger partial charge < -0.3 is 26.0 Å². The molecule has 14 heteroatoms. The van der Waals surface area contributed by atoms with E-state index in [1.807, 2.05) is 31.9 Å². The molecule has 0 spiro atoms. The van der Waals surface area contributed by atoms with Crippen molar-refractivity contribution in [3.8, 4) is 5.82 Å². The van der Waals surface area contributed by atoms with Crippen molar-refractivity contribution in [3.63, 3.8) is 0 Å². The van der Waals surface area contributed by atoms with Crippen molar-refractivity contribution in [1.82, 2.24) is 24.6 Å². The van der Waals surface area contributed by atoms with Crippen molar-refractivity contribution in [3.05, 3.63) is 77.2 Å². The lowest BCUT2D eigenvalue weighted by Crippen LogP contribution is -2.53. The van der Waals surface area contributed by atoms with Crippen LogP contribution in [0.4, 0.5) is 41.9 Å². The summed E-state index contributed by atoms with van der Waals surface area (Å²) in [6.45, 7) is 5.01. The molecule has 1 amide bonds. The second kappa shape index (κ2) is 12.5. The number of nitrogens with zero attached hydrogens (tertiary/aromatic N) is 6. The van der Waals surface area contributed by atoms with Gasteiger partial charge in [0.2, 0.25) is 0 Å². The van der Waals surface area contributed by atoms with Gasteiger partial charge in [0.1, 0.15) is 18.0 Å². The molecule has 2 aromatic heterocycles. The van der Waals surface area contributed by atoms with Crippen LogP contribution in [0.3, 0.4) is 0 Å². The Morgan fingerprint density at radius 1 is 1.07 bits per heavy atom. The van der Waals surface area contributed by atoms with Crippen LogP contribution >= 0.6 is 0 Å². The molecule has 2 aromatic carbocycles. The number of aliphatic hydroxyl groups excluding tert-OH is 1. The van der Waals surface area contributed by atoms with Crippen molar-refractivity contribution in [1.29, 1.82) is 0 Å². The minimum absolute atomic E-state index is 0.0205. The first-order chi connectivity index (χ1) is 20.9. The lowest BCUT2D eigenvalue weighted by atomic mass is 10.1. The van der Waals surface area contributed by atoms with Gasteiger partial charge in [-0.2, -0.15) is 23.0 Å². The van der Waals surface area contributed by atoms with Gasteiger partial charge in [-0.3, -0.25) is 9.69 Å². The van der Waals surface area contributed by atoms with E-state index in [-0.39, 0.29) is 23.9 Å². The van der Waals surface area contributed by atoms with Gasteiger partial charge in [0.15, 0.2) is 5.82 Å². The van der Waals surface area contributed by atoms with Gasteiger partial charge in [-0.25, -0.2) is 9.97 Å². The van der Waals surface area contributed by atoms with E-state index in [2.05, 4.69) is 31.0 Å². The molecule has 44 heavy (non-hydrogen) atoms. The van der Waals surface area contributed by atoms with E-state index in [0.29, 0.717) is 48.5 Å². The fourth-order valence-electron chi connectivity index (χ4n) is 5.01. The normalized spacial score (nSPS) is 15.7. The first-order valence-corrected chi connectivity index (χ1v) is 14.0. The number of hydrogen-bond donors (Lipinski definition) is 4. The molecule has 1 atom stereocenters. The molecule has 1 aliphatic heterocycles. The second-order valence-corrected chi connectivity index (χ2v) is 10.7. The highest BCUT2D eigenvalue weighted by Gasteiger charge is 2.33. The van der Waals surface area contributed by atoms with Crippen molar-refractivity contribution in [2.75, 3.05) is 61.2 Å². The standard InChI is InChI=1S/C30H34F3N9O2/c1-18-5-6-20(10-25(18)38-28-9-19(2)39-42(28)27-14-26(34-3)35-17-36-27)29(44)37-22-11-21(30(31,32)33)12-23(13-22)41-8-7-40(4)24(15-41)16-43/h5-6,9-14,17,24,38,43H,7-8,15-16H2,1-4H3,(H,37,44)(H,34,35,36). The molecule has 11 nitrogen and oxygen atoms in total. The highest BCUT2D eigenvalue weighted by Crippen LogP contribution is 2.35. The molecule has 4 aromatic rings. The number of halogens is 3. The number of nitrogens with one attached hydrogen (secondary N) is 3.